The highest BCUT2D eigenvalue weighted by molar-refractivity contribution is 5.79. The van der Waals surface area contributed by atoms with Gasteiger partial charge in [0, 0.05) is 19.1 Å². The van der Waals surface area contributed by atoms with Crippen LogP contribution in [-0.4, -0.2) is 36.4 Å². The minimum Gasteiger partial charge on any atom is -0.490 e. The lowest BCUT2D eigenvalue weighted by molar-refractivity contribution is 0.0832. The van der Waals surface area contributed by atoms with E-state index in [9.17, 15) is 4.79 Å². The molecule has 0 saturated carbocycles. The Morgan fingerprint density at radius 3 is 2.56 bits per heavy atom. The van der Waals surface area contributed by atoms with E-state index in [4.69, 9.17) is 4.74 Å². The molecule has 3 nitrogen and oxygen atoms in total. The van der Waals surface area contributed by atoms with Crippen molar-refractivity contribution in [3.8, 4) is 5.75 Å². The van der Waals surface area contributed by atoms with Crippen molar-refractivity contribution in [2.75, 3.05) is 13.1 Å². The average molecular weight is 247 g/mol. The molecule has 0 amide bonds. The summed E-state index contributed by atoms with van der Waals surface area (Å²) in [6, 6.07) is 8.04. The third-order valence-corrected chi connectivity index (χ3v) is 3.55. The summed E-state index contributed by atoms with van der Waals surface area (Å²) in [6.45, 7) is 6.60. The van der Waals surface area contributed by atoms with Crippen molar-refractivity contribution in [2.24, 2.45) is 0 Å². The van der Waals surface area contributed by atoms with Gasteiger partial charge in [-0.3, -0.25) is 4.79 Å². The molecule has 18 heavy (non-hydrogen) atoms. The first-order valence-corrected chi connectivity index (χ1v) is 6.65. The van der Waals surface area contributed by atoms with Crippen molar-refractivity contribution in [3.05, 3.63) is 29.8 Å². The maximum absolute atomic E-state index is 10.9. The molecule has 3 heteroatoms. The van der Waals surface area contributed by atoms with Crippen LogP contribution in [0, 0.1) is 0 Å². The molecule has 0 atom stereocenters. The van der Waals surface area contributed by atoms with E-state index in [1.807, 2.05) is 18.2 Å². The number of piperidine rings is 1. The van der Waals surface area contributed by atoms with E-state index < -0.39 is 0 Å². The number of benzene rings is 1. The molecule has 1 heterocycles. The van der Waals surface area contributed by atoms with Gasteiger partial charge in [-0.2, -0.15) is 0 Å². The summed E-state index contributed by atoms with van der Waals surface area (Å²) in [7, 11) is 0. The first kappa shape index (κ1) is 13.1. The Labute approximate surface area is 109 Å². The molecular weight excluding hydrogens is 226 g/mol. The van der Waals surface area contributed by atoms with Gasteiger partial charge < -0.3 is 9.64 Å². The Hall–Kier alpha value is -1.35. The van der Waals surface area contributed by atoms with Crippen LogP contribution in [0.2, 0.25) is 0 Å². The van der Waals surface area contributed by atoms with Gasteiger partial charge in [-0.05, 0) is 38.8 Å². The summed E-state index contributed by atoms with van der Waals surface area (Å²) < 4.78 is 5.95. The summed E-state index contributed by atoms with van der Waals surface area (Å²) in [5, 5.41) is 0. The van der Waals surface area contributed by atoms with Gasteiger partial charge in [0.05, 0.1) is 5.56 Å². The van der Waals surface area contributed by atoms with Gasteiger partial charge in [-0.25, -0.2) is 0 Å². The topological polar surface area (TPSA) is 29.5 Å². The van der Waals surface area contributed by atoms with Crippen LogP contribution in [0.5, 0.6) is 5.75 Å². The smallest absolute Gasteiger partial charge is 0.153 e. The number of ether oxygens (including phenoxy) is 1. The second-order valence-corrected chi connectivity index (χ2v) is 5.10. The highest BCUT2D eigenvalue weighted by atomic mass is 16.5. The molecule has 0 radical (unpaired) electrons. The Kier molecular flexibility index (Phi) is 4.37. The average Bonchev–Trinajstić information content (AvgIpc) is 2.40. The van der Waals surface area contributed by atoms with E-state index in [0.29, 0.717) is 11.6 Å². The summed E-state index contributed by atoms with van der Waals surface area (Å²) in [5.41, 5.74) is 0.642. The van der Waals surface area contributed by atoms with Crippen LogP contribution in [0.1, 0.15) is 37.0 Å². The first-order valence-electron chi connectivity index (χ1n) is 6.65. The van der Waals surface area contributed by atoms with Gasteiger partial charge in [-0.15, -0.1) is 0 Å². The molecule has 2 rings (SSSR count). The SMILES string of the molecule is CC(C)N1CCC(Oc2ccccc2C=O)CC1. The van der Waals surface area contributed by atoms with E-state index in [2.05, 4.69) is 18.7 Å². The highest BCUT2D eigenvalue weighted by Gasteiger charge is 2.22. The molecule has 1 aromatic rings. The van der Waals surface area contributed by atoms with Crippen molar-refractivity contribution in [3.63, 3.8) is 0 Å². The monoisotopic (exact) mass is 247 g/mol. The molecule has 0 bridgehead atoms. The quantitative estimate of drug-likeness (QED) is 0.766. The molecule has 0 aromatic heterocycles. The molecule has 1 aromatic carbocycles. The molecule has 1 saturated heterocycles. The largest absolute Gasteiger partial charge is 0.490 e. The van der Waals surface area contributed by atoms with Crippen molar-refractivity contribution < 1.29 is 9.53 Å². The molecule has 1 aliphatic rings. The Morgan fingerprint density at radius 1 is 1.28 bits per heavy atom. The zero-order valence-electron chi connectivity index (χ0n) is 11.1. The van der Waals surface area contributed by atoms with Gasteiger partial charge in [0.25, 0.3) is 0 Å². The molecule has 98 valence electrons. The van der Waals surface area contributed by atoms with Crippen LogP contribution < -0.4 is 4.74 Å². The van der Waals surface area contributed by atoms with Crippen LogP contribution in [0.25, 0.3) is 0 Å². The highest BCUT2D eigenvalue weighted by Crippen LogP contribution is 2.22. The van der Waals surface area contributed by atoms with E-state index in [1.54, 1.807) is 6.07 Å². The molecule has 0 aliphatic carbocycles. The molecule has 1 fully saturated rings. The third-order valence-electron chi connectivity index (χ3n) is 3.55. The van der Waals surface area contributed by atoms with Crippen molar-refractivity contribution in [1.82, 2.24) is 4.90 Å². The predicted molar refractivity (Wildman–Crippen MR) is 72.2 cm³/mol. The van der Waals surface area contributed by atoms with Crippen molar-refractivity contribution in [1.29, 1.82) is 0 Å². The van der Waals surface area contributed by atoms with Crippen LogP contribution in [0.3, 0.4) is 0 Å². The van der Waals surface area contributed by atoms with Crippen LogP contribution in [0.15, 0.2) is 24.3 Å². The summed E-state index contributed by atoms with van der Waals surface area (Å²) in [5.74, 6) is 0.718. The number of likely N-dealkylation sites (tertiary alicyclic amines) is 1. The van der Waals surface area contributed by atoms with Gasteiger partial charge in [0.2, 0.25) is 0 Å². The standard InChI is InChI=1S/C15H21NO2/c1-12(2)16-9-7-14(8-10-16)18-15-6-4-3-5-13(15)11-17/h3-6,11-12,14H,7-10H2,1-2H3. The number of carbonyl (C=O) groups is 1. The van der Waals surface area contributed by atoms with Gasteiger partial charge in [-0.1, -0.05) is 12.1 Å². The first-order chi connectivity index (χ1) is 8.70. The number of para-hydroxylation sites is 1. The summed E-state index contributed by atoms with van der Waals surface area (Å²) in [4.78, 5) is 13.4. The van der Waals surface area contributed by atoms with E-state index in [0.717, 1.165) is 38.0 Å². The van der Waals surface area contributed by atoms with E-state index in [1.165, 1.54) is 0 Å². The zero-order chi connectivity index (χ0) is 13.0. The van der Waals surface area contributed by atoms with Crippen LogP contribution in [-0.2, 0) is 0 Å². The lowest BCUT2D eigenvalue weighted by Crippen LogP contribution is -2.41. The number of rotatable bonds is 4. The molecule has 1 aliphatic heterocycles. The number of nitrogens with zero attached hydrogens (tertiary/aromatic N) is 1. The minimum atomic E-state index is 0.237. The maximum Gasteiger partial charge on any atom is 0.153 e. The fraction of sp³-hybridized carbons (Fsp3) is 0.533. The Morgan fingerprint density at radius 2 is 1.94 bits per heavy atom. The summed E-state index contributed by atoms with van der Waals surface area (Å²) >= 11 is 0. The van der Waals surface area contributed by atoms with Crippen LogP contribution in [0.4, 0.5) is 0 Å². The Bertz CT molecular complexity index is 395. The van der Waals surface area contributed by atoms with E-state index >= 15 is 0 Å². The van der Waals surface area contributed by atoms with Crippen molar-refractivity contribution in [2.45, 2.75) is 38.8 Å². The predicted octanol–water partition coefficient (Wildman–Crippen LogP) is 2.75. The Balaban J connectivity index is 1.93. The lowest BCUT2D eigenvalue weighted by atomic mass is 10.1. The maximum atomic E-state index is 10.9. The third kappa shape index (κ3) is 3.10. The second-order valence-electron chi connectivity index (χ2n) is 5.10. The second kappa shape index (κ2) is 6.01. The van der Waals surface area contributed by atoms with Gasteiger partial charge in [0.15, 0.2) is 6.29 Å². The number of hydrogen-bond acceptors (Lipinski definition) is 3. The number of carbonyl (C=O) groups excluding carboxylic acids is 1. The molecule has 0 N–H and O–H groups in total. The van der Waals surface area contributed by atoms with E-state index in [-0.39, 0.29) is 6.10 Å². The summed E-state index contributed by atoms with van der Waals surface area (Å²) in [6.07, 6.45) is 3.16. The number of aldehydes is 1. The zero-order valence-corrected chi connectivity index (χ0v) is 11.1. The minimum absolute atomic E-state index is 0.237. The van der Waals surface area contributed by atoms with Crippen LogP contribution >= 0.6 is 0 Å². The van der Waals surface area contributed by atoms with Gasteiger partial charge >= 0.3 is 0 Å². The molecular formula is C15H21NO2. The molecule has 0 spiro atoms. The fourth-order valence-corrected chi connectivity index (χ4v) is 2.37. The van der Waals surface area contributed by atoms with Gasteiger partial charge in [0.1, 0.15) is 11.9 Å². The normalized spacial score (nSPS) is 17.9. The van der Waals surface area contributed by atoms with Crippen molar-refractivity contribution >= 4 is 6.29 Å². The fourth-order valence-electron chi connectivity index (χ4n) is 2.37. The lowest BCUT2D eigenvalue weighted by Gasteiger charge is -2.34. The number of hydrogen-bond donors (Lipinski definition) is 0. The molecule has 0 unspecified atom stereocenters.